The van der Waals surface area contributed by atoms with Crippen LogP contribution in [0.15, 0.2) is 32.1 Å². The van der Waals surface area contributed by atoms with E-state index in [9.17, 15) is 0 Å². The number of anilines is 1. The molecule has 14 heavy (non-hydrogen) atoms. The lowest BCUT2D eigenvalue weighted by Gasteiger charge is -2.11. The number of aliphatic imine (C=N–C) groups is 1. The summed E-state index contributed by atoms with van der Waals surface area (Å²) in [6.45, 7) is 0. The first-order chi connectivity index (χ1) is 6.69. The third-order valence-corrected chi connectivity index (χ3v) is 2.89. The molecule has 0 spiro atoms. The highest BCUT2D eigenvalue weighted by molar-refractivity contribution is 9.11. The van der Waals surface area contributed by atoms with Crippen molar-refractivity contribution in [2.75, 3.05) is 12.4 Å². The highest BCUT2D eigenvalue weighted by Crippen LogP contribution is 2.30. The van der Waals surface area contributed by atoms with Gasteiger partial charge in [-0.05, 0) is 44.0 Å². The second-order valence-electron chi connectivity index (χ2n) is 2.44. The monoisotopic (exact) mass is 320 g/mol. The van der Waals surface area contributed by atoms with E-state index in [4.69, 9.17) is 5.84 Å². The van der Waals surface area contributed by atoms with Crippen molar-refractivity contribution < 1.29 is 0 Å². The van der Waals surface area contributed by atoms with Crippen molar-refractivity contribution in [3.63, 3.8) is 0 Å². The smallest absolute Gasteiger partial charge is 0.210 e. The molecule has 0 radical (unpaired) electrons. The standard InChI is InChI=1S/C8H10Br2N4/c1-12-8(14-11)13-7-5(9)3-2-4-6(7)10/h2-4H,11H2,1H3,(H2,12,13,14). The van der Waals surface area contributed by atoms with Gasteiger partial charge in [-0.3, -0.25) is 10.4 Å². The second kappa shape index (κ2) is 5.33. The summed E-state index contributed by atoms with van der Waals surface area (Å²) in [5, 5.41) is 3.04. The molecule has 0 fully saturated rings. The van der Waals surface area contributed by atoms with Crippen molar-refractivity contribution in [1.29, 1.82) is 0 Å². The summed E-state index contributed by atoms with van der Waals surface area (Å²) in [4.78, 5) is 3.91. The lowest BCUT2D eigenvalue weighted by atomic mass is 10.3. The summed E-state index contributed by atoms with van der Waals surface area (Å²) < 4.78 is 1.87. The molecule has 0 amide bonds. The van der Waals surface area contributed by atoms with Crippen molar-refractivity contribution in [2.45, 2.75) is 0 Å². The Morgan fingerprint density at radius 2 is 1.93 bits per heavy atom. The van der Waals surface area contributed by atoms with Crippen molar-refractivity contribution >= 4 is 43.5 Å². The number of halogens is 2. The molecule has 1 aromatic carbocycles. The number of nitrogens with one attached hydrogen (secondary N) is 2. The molecule has 0 bridgehead atoms. The first-order valence-electron chi connectivity index (χ1n) is 3.83. The van der Waals surface area contributed by atoms with Gasteiger partial charge in [-0.15, -0.1) is 0 Å². The summed E-state index contributed by atoms with van der Waals surface area (Å²) in [7, 11) is 1.65. The quantitative estimate of drug-likeness (QED) is 0.321. The van der Waals surface area contributed by atoms with Gasteiger partial charge in [0.2, 0.25) is 5.96 Å². The van der Waals surface area contributed by atoms with E-state index in [0.29, 0.717) is 5.96 Å². The molecular weight excluding hydrogens is 312 g/mol. The Morgan fingerprint density at radius 3 is 2.36 bits per heavy atom. The van der Waals surface area contributed by atoms with E-state index in [-0.39, 0.29) is 0 Å². The van der Waals surface area contributed by atoms with E-state index in [1.807, 2.05) is 18.2 Å². The molecule has 0 saturated carbocycles. The molecule has 0 aliphatic carbocycles. The van der Waals surface area contributed by atoms with E-state index < -0.39 is 0 Å². The van der Waals surface area contributed by atoms with Crippen LogP contribution in [-0.2, 0) is 0 Å². The van der Waals surface area contributed by atoms with E-state index in [1.54, 1.807) is 7.05 Å². The van der Waals surface area contributed by atoms with Gasteiger partial charge in [-0.1, -0.05) is 6.07 Å². The molecule has 0 aliphatic heterocycles. The molecule has 6 heteroatoms. The van der Waals surface area contributed by atoms with E-state index in [0.717, 1.165) is 14.6 Å². The normalized spacial score (nSPS) is 11.3. The lowest BCUT2D eigenvalue weighted by molar-refractivity contribution is 1.01. The van der Waals surface area contributed by atoms with Gasteiger partial charge in [0.15, 0.2) is 0 Å². The zero-order valence-electron chi connectivity index (χ0n) is 7.51. The van der Waals surface area contributed by atoms with E-state index >= 15 is 0 Å². The van der Waals surface area contributed by atoms with Crippen LogP contribution in [0.4, 0.5) is 5.69 Å². The van der Waals surface area contributed by atoms with Crippen LogP contribution in [0.3, 0.4) is 0 Å². The van der Waals surface area contributed by atoms with Crippen molar-refractivity contribution in [3.05, 3.63) is 27.1 Å². The van der Waals surface area contributed by atoms with Gasteiger partial charge >= 0.3 is 0 Å². The molecule has 4 nitrogen and oxygen atoms in total. The number of hydrazine groups is 1. The van der Waals surface area contributed by atoms with Crippen molar-refractivity contribution in [3.8, 4) is 0 Å². The summed E-state index contributed by atoms with van der Waals surface area (Å²) in [6, 6.07) is 5.78. The predicted octanol–water partition coefficient (Wildman–Crippen LogP) is 2.07. The minimum absolute atomic E-state index is 0.498. The van der Waals surface area contributed by atoms with Crippen molar-refractivity contribution in [1.82, 2.24) is 5.43 Å². The molecule has 0 unspecified atom stereocenters. The fraction of sp³-hybridized carbons (Fsp3) is 0.125. The highest BCUT2D eigenvalue weighted by atomic mass is 79.9. The number of hydrogen-bond acceptors (Lipinski definition) is 2. The number of nitrogens with zero attached hydrogens (tertiary/aromatic N) is 1. The number of guanidine groups is 1. The van der Waals surface area contributed by atoms with Gasteiger partial charge in [-0.2, -0.15) is 0 Å². The first kappa shape index (κ1) is 11.5. The Labute approximate surface area is 99.2 Å². The lowest BCUT2D eigenvalue weighted by Crippen LogP contribution is -2.36. The zero-order valence-corrected chi connectivity index (χ0v) is 10.7. The zero-order chi connectivity index (χ0) is 10.6. The average molecular weight is 322 g/mol. The summed E-state index contributed by atoms with van der Waals surface area (Å²) in [6.07, 6.45) is 0. The topological polar surface area (TPSA) is 62.4 Å². The average Bonchev–Trinajstić information content (AvgIpc) is 2.18. The van der Waals surface area contributed by atoms with E-state index in [1.165, 1.54) is 0 Å². The Hall–Kier alpha value is -0.590. The van der Waals surface area contributed by atoms with E-state index in [2.05, 4.69) is 47.6 Å². The Balaban J connectivity index is 2.96. The molecule has 4 N–H and O–H groups in total. The van der Waals surface area contributed by atoms with Crippen LogP contribution in [0.1, 0.15) is 0 Å². The fourth-order valence-electron chi connectivity index (χ4n) is 0.892. The van der Waals surface area contributed by atoms with Crippen LogP contribution in [0.2, 0.25) is 0 Å². The maximum absolute atomic E-state index is 5.26. The minimum Gasteiger partial charge on any atom is -0.323 e. The van der Waals surface area contributed by atoms with Gasteiger partial charge in [0.25, 0.3) is 0 Å². The Bertz CT molecular complexity index is 331. The van der Waals surface area contributed by atoms with Gasteiger partial charge in [0.1, 0.15) is 0 Å². The van der Waals surface area contributed by atoms with Crippen LogP contribution >= 0.6 is 31.9 Å². The van der Waals surface area contributed by atoms with Crippen LogP contribution in [0.5, 0.6) is 0 Å². The minimum atomic E-state index is 0.498. The predicted molar refractivity (Wildman–Crippen MR) is 66.1 cm³/mol. The number of rotatable bonds is 1. The fourth-order valence-corrected chi connectivity index (χ4v) is 2.09. The molecule has 0 atom stereocenters. The molecule has 0 heterocycles. The maximum Gasteiger partial charge on any atom is 0.210 e. The van der Waals surface area contributed by atoms with Crippen LogP contribution in [0, 0.1) is 0 Å². The molecular formula is C8H10Br2N4. The first-order valence-corrected chi connectivity index (χ1v) is 5.42. The van der Waals surface area contributed by atoms with Crippen molar-refractivity contribution in [2.24, 2.45) is 10.8 Å². The van der Waals surface area contributed by atoms with Gasteiger partial charge in [0, 0.05) is 16.0 Å². The number of para-hydroxylation sites is 1. The number of hydrogen-bond donors (Lipinski definition) is 3. The Kier molecular flexibility index (Phi) is 4.37. The van der Waals surface area contributed by atoms with Gasteiger partial charge in [0.05, 0.1) is 5.69 Å². The second-order valence-corrected chi connectivity index (χ2v) is 4.15. The summed E-state index contributed by atoms with van der Waals surface area (Å²) in [5.74, 6) is 5.76. The molecule has 1 rings (SSSR count). The molecule has 0 aliphatic rings. The van der Waals surface area contributed by atoms with Gasteiger partial charge < -0.3 is 5.32 Å². The molecule has 0 aromatic heterocycles. The van der Waals surface area contributed by atoms with Crippen LogP contribution in [-0.4, -0.2) is 13.0 Å². The maximum atomic E-state index is 5.26. The summed E-state index contributed by atoms with van der Waals surface area (Å²) >= 11 is 6.84. The third kappa shape index (κ3) is 2.70. The van der Waals surface area contributed by atoms with Gasteiger partial charge in [-0.25, -0.2) is 5.84 Å². The van der Waals surface area contributed by atoms with Crippen LogP contribution < -0.4 is 16.6 Å². The SMILES string of the molecule is CN=C(NN)Nc1c(Br)cccc1Br. The molecule has 76 valence electrons. The summed E-state index contributed by atoms with van der Waals surface area (Å²) in [5.41, 5.74) is 3.33. The largest absolute Gasteiger partial charge is 0.323 e. The highest BCUT2D eigenvalue weighted by Gasteiger charge is 2.05. The third-order valence-electron chi connectivity index (χ3n) is 1.57. The molecule has 0 saturated heterocycles. The molecule has 1 aromatic rings. The number of benzene rings is 1. The Morgan fingerprint density at radius 1 is 1.36 bits per heavy atom. The van der Waals surface area contributed by atoms with Crippen LogP contribution in [0.25, 0.3) is 0 Å². The number of nitrogens with two attached hydrogens (primary N) is 1.